The van der Waals surface area contributed by atoms with Crippen molar-refractivity contribution < 1.29 is 4.39 Å². The first-order chi connectivity index (χ1) is 10.1. The van der Waals surface area contributed by atoms with Crippen LogP contribution in [0.3, 0.4) is 0 Å². The van der Waals surface area contributed by atoms with Gasteiger partial charge in [-0.05, 0) is 57.5 Å². The number of nitrogens with zero attached hydrogens (tertiary/aromatic N) is 2. The standard InChI is InChI=1S/C17H22FN3/c1-4-19-10-6-9-16-12(2)20-17(21-13(16)3)14-7-5-8-15(18)11-14/h5,7-8,11,19H,4,6,9-10H2,1-3H3. The Balaban J connectivity index is 2.20. The average molecular weight is 287 g/mol. The Morgan fingerprint density at radius 3 is 2.48 bits per heavy atom. The molecule has 1 heterocycles. The molecule has 4 heteroatoms. The van der Waals surface area contributed by atoms with E-state index >= 15 is 0 Å². The van der Waals surface area contributed by atoms with E-state index in [4.69, 9.17) is 0 Å². The minimum absolute atomic E-state index is 0.263. The van der Waals surface area contributed by atoms with Crippen LogP contribution in [-0.2, 0) is 6.42 Å². The van der Waals surface area contributed by atoms with Crippen LogP contribution in [0.25, 0.3) is 11.4 Å². The Hall–Kier alpha value is -1.81. The molecule has 0 radical (unpaired) electrons. The van der Waals surface area contributed by atoms with E-state index in [0.29, 0.717) is 5.82 Å². The number of hydrogen-bond donors (Lipinski definition) is 1. The predicted molar refractivity (Wildman–Crippen MR) is 83.8 cm³/mol. The molecule has 0 aliphatic heterocycles. The first-order valence-electron chi connectivity index (χ1n) is 7.42. The maximum Gasteiger partial charge on any atom is 0.159 e. The van der Waals surface area contributed by atoms with E-state index in [1.807, 2.05) is 19.9 Å². The lowest BCUT2D eigenvalue weighted by Crippen LogP contribution is -2.15. The van der Waals surface area contributed by atoms with Crippen molar-refractivity contribution in [3.63, 3.8) is 0 Å². The highest BCUT2D eigenvalue weighted by Gasteiger charge is 2.10. The fourth-order valence-electron chi connectivity index (χ4n) is 2.42. The van der Waals surface area contributed by atoms with E-state index in [1.165, 1.54) is 17.7 Å². The second-order valence-electron chi connectivity index (χ2n) is 5.16. The molecule has 1 N–H and O–H groups in total. The minimum Gasteiger partial charge on any atom is -0.317 e. The molecule has 0 aliphatic carbocycles. The average Bonchev–Trinajstić information content (AvgIpc) is 2.45. The number of rotatable bonds is 6. The molecule has 0 unspecified atom stereocenters. The fraction of sp³-hybridized carbons (Fsp3) is 0.412. The third-order valence-corrected chi connectivity index (χ3v) is 3.53. The first kappa shape index (κ1) is 15.6. The second-order valence-corrected chi connectivity index (χ2v) is 5.16. The van der Waals surface area contributed by atoms with Crippen LogP contribution in [0.2, 0.25) is 0 Å². The van der Waals surface area contributed by atoms with E-state index in [9.17, 15) is 4.39 Å². The number of nitrogens with one attached hydrogen (secondary N) is 1. The summed E-state index contributed by atoms with van der Waals surface area (Å²) in [6.07, 6.45) is 2.03. The van der Waals surface area contributed by atoms with Gasteiger partial charge in [-0.3, -0.25) is 0 Å². The second kappa shape index (κ2) is 7.27. The summed E-state index contributed by atoms with van der Waals surface area (Å²) in [5.74, 6) is 0.334. The molecule has 0 spiro atoms. The zero-order valence-corrected chi connectivity index (χ0v) is 12.9. The van der Waals surface area contributed by atoms with Crippen LogP contribution in [-0.4, -0.2) is 23.1 Å². The largest absolute Gasteiger partial charge is 0.317 e. The Bertz CT molecular complexity index is 588. The Labute approximate surface area is 125 Å². The Morgan fingerprint density at radius 2 is 1.86 bits per heavy atom. The SMILES string of the molecule is CCNCCCc1c(C)nc(-c2cccc(F)c2)nc1C. The highest BCUT2D eigenvalue weighted by atomic mass is 19.1. The van der Waals surface area contributed by atoms with Crippen LogP contribution in [0.4, 0.5) is 4.39 Å². The summed E-state index contributed by atoms with van der Waals surface area (Å²) in [5.41, 5.74) is 3.89. The minimum atomic E-state index is -0.263. The molecule has 0 atom stereocenters. The predicted octanol–water partition coefficient (Wildman–Crippen LogP) is 3.44. The van der Waals surface area contributed by atoms with Gasteiger partial charge in [0.1, 0.15) is 5.82 Å². The van der Waals surface area contributed by atoms with Gasteiger partial charge in [-0.1, -0.05) is 19.1 Å². The maximum absolute atomic E-state index is 13.3. The summed E-state index contributed by atoms with van der Waals surface area (Å²) in [7, 11) is 0. The summed E-state index contributed by atoms with van der Waals surface area (Å²) < 4.78 is 13.3. The Kier molecular flexibility index (Phi) is 5.39. The van der Waals surface area contributed by atoms with Gasteiger partial charge >= 0.3 is 0 Å². The van der Waals surface area contributed by atoms with Crippen LogP contribution in [0, 0.1) is 19.7 Å². The number of hydrogen-bond acceptors (Lipinski definition) is 3. The number of halogens is 1. The maximum atomic E-state index is 13.3. The molecule has 2 aromatic rings. The van der Waals surface area contributed by atoms with Gasteiger partial charge in [0.05, 0.1) is 0 Å². The molecule has 0 bridgehead atoms. The molecule has 112 valence electrons. The first-order valence-corrected chi connectivity index (χ1v) is 7.42. The van der Waals surface area contributed by atoms with Crippen molar-refractivity contribution in [2.45, 2.75) is 33.6 Å². The summed E-state index contributed by atoms with van der Waals surface area (Å²) in [5, 5.41) is 3.32. The van der Waals surface area contributed by atoms with Gasteiger partial charge in [-0.15, -0.1) is 0 Å². The lowest BCUT2D eigenvalue weighted by molar-refractivity contribution is 0.628. The van der Waals surface area contributed by atoms with Gasteiger partial charge in [-0.2, -0.15) is 0 Å². The van der Waals surface area contributed by atoms with Gasteiger partial charge < -0.3 is 5.32 Å². The van der Waals surface area contributed by atoms with Crippen LogP contribution in [0.1, 0.15) is 30.3 Å². The van der Waals surface area contributed by atoms with Crippen molar-refractivity contribution in [1.29, 1.82) is 0 Å². The molecule has 0 saturated carbocycles. The van der Waals surface area contributed by atoms with Gasteiger partial charge in [-0.25, -0.2) is 14.4 Å². The van der Waals surface area contributed by atoms with Crippen LogP contribution < -0.4 is 5.32 Å². The zero-order chi connectivity index (χ0) is 15.2. The van der Waals surface area contributed by atoms with E-state index < -0.39 is 0 Å². The van der Waals surface area contributed by atoms with Gasteiger partial charge in [0.25, 0.3) is 0 Å². The van der Waals surface area contributed by atoms with Crippen molar-refractivity contribution in [1.82, 2.24) is 15.3 Å². The molecule has 0 saturated heterocycles. The van der Waals surface area contributed by atoms with E-state index in [-0.39, 0.29) is 5.82 Å². The molecule has 0 amide bonds. The molecular formula is C17H22FN3. The van der Waals surface area contributed by atoms with E-state index in [1.54, 1.807) is 6.07 Å². The normalized spacial score (nSPS) is 10.9. The summed E-state index contributed by atoms with van der Waals surface area (Å²) in [4.78, 5) is 9.09. The summed E-state index contributed by atoms with van der Waals surface area (Å²) in [6, 6.07) is 6.42. The quantitative estimate of drug-likeness (QED) is 0.827. The number of aryl methyl sites for hydroxylation is 2. The molecule has 2 rings (SSSR count). The van der Waals surface area contributed by atoms with Crippen molar-refractivity contribution in [2.24, 2.45) is 0 Å². The zero-order valence-electron chi connectivity index (χ0n) is 12.9. The third-order valence-electron chi connectivity index (χ3n) is 3.53. The van der Waals surface area contributed by atoms with Crippen LogP contribution >= 0.6 is 0 Å². The van der Waals surface area contributed by atoms with E-state index in [2.05, 4.69) is 22.2 Å². The molecule has 3 nitrogen and oxygen atoms in total. The topological polar surface area (TPSA) is 37.8 Å². The van der Waals surface area contributed by atoms with Crippen LogP contribution in [0.5, 0.6) is 0 Å². The Morgan fingerprint density at radius 1 is 1.14 bits per heavy atom. The molecular weight excluding hydrogens is 265 g/mol. The van der Waals surface area contributed by atoms with Crippen molar-refractivity contribution in [3.05, 3.63) is 47.0 Å². The lowest BCUT2D eigenvalue weighted by Gasteiger charge is -2.11. The number of aromatic nitrogens is 2. The monoisotopic (exact) mass is 287 g/mol. The molecule has 21 heavy (non-hydrogen) atoms. The summed E-state index contributed by atoms with van der Waals surface area (Å²) in [6.45, 7) is 8.10. The molecule has 1 aromatic heterocycles. The highest BCUT2D eigenvalue weighted by molar-refractivity contribution is 5.55. The lowest BCUT2D eigenvalue weighted by atomic mass is 10.1. The third kappa shape index (κ3) is 4.08. The number of benzene rings is 1. The fourth-order valence-corrected chi connectivity index (χ4v) is 2.42. The highest BCUT2D eigenvalue weighted by Crippen LogP contribution is 2.20. The van der Waals surface area contributed by atoms with Gasteiger partial charge in [0.15, 0.2) is 5.82 Å². The van der Waals surface area contributed by atoms with Crippen LogP contribution in [0.15, 0.2) is 24.3 Å². The van der Waals surface area contributed by atoms with Gasteiger partial charge in [0.2, 0.25) is 0 Å². The van der Waals surface area contributed by atoms with Crippen molar-refractivity contribution >= 4 is 0 Å². The van der Waals surface area contributed by atoms with Crippen molar-refractivity contribution in [2.75, 3.05) is 13.1 Å². The van der Waals surface area contributed by atoms with Gasteiger partial charge in [0, 0.05) is 17.0 Å². The molecule has 1 aromatic carbocycles. The van der Waals surface area contributed by atoms with Crippen molar-refractivity contribution in [3.8, 4) is 11.4 Å². The molecule has 0 aliphatic rings. The molecule has 0 fully saturated rings. The van der Waals surface area contributed by atoms with E-state index in [0.717, 1.165) is 42.9 Å². The smallest absolute Gasteiger partial charge is 0.159 e. The summed E-state index contributed by atoms with van der Waals surface area (Å²) >= 11 is 0.